The molecule has 1 aliphatic heterocycles. The Morgan fingerprint density at radius 2 is 1.54 bits per heavy atom. The van der Waals surface area contributed by atoms with Crippen LogP contribution < -0.4 is 0 Å². The normalized spacial score (nSPS) is 20.3. The molecule has 0 aromatic heterocycles. The van der Waals surface area contributed by atoms with Gasteiger partial charge in [0.05, 0.1) is 0 Å². The van der Waals surface area contributed by atoms with Crippen LogP contribution in [0.25, 0.3) is 0 Å². The van der Waals surface area contributed by atoms with Crippen molar-refractivity contribution in [2.45, 2.75) is 78.1 Å². The van der Waals surface area contributed by atoms with Crippen LogP contribution in [0.15, 0.2) is 42.5 Å². The molecular formula is C33H47FN2O. The molecule has 3 nitrogen and oxygen atoms in total. The number of benzene rings is 2. The first-order chi connectivity index (χ1) is 17.9. The second-order valence-electron chi connectivity index (χ2n) is 10.5. The predicted molar refractivity (Wildman–Crippen MR) is 154 cm³/mol. The maximum Gasteiger partial charge on any atom is 0.225 e. The fourth-order valence-electron chi connectivity index (χ4n) is 5.23. The molecule has 37 heavy (non-hydrogen) atoms. The van der Waals surface area contributed by atoms with Crippen LogP contribution in [0.1, 0.15) is 93.9 Å². The van der Waals surface area contributed by atoms with E-state index >= 15 is 0 Å². The van der Waals surface area contributed by atoms with Gasteiger partial charge in [-0.25, -0.2) is 4.39 Å². The number of carbonyl (C=O) groups excluding carboxylic acids is 1. The molecule has 202 valence electrons. The van der Waals surface area contributed by atoms with Gasteiger partial charge in [-0.2, -0.15) is 0 Å². The first kappa shape index (κ1) is 30.6. The summed E-state index contributed by atoms with van der Waals surface area (Å²) in [6, 6.07) is 14.0. The number of terminal acetylenes is 1. The topological polar surface area (TPSA) is 23.6 Å². The van der Waals surface area contributed by atoms with Gasteiger partial charge in [0.1, 0.15) is 5.82 Å². The van der Waals surface area contributed by atoms with E-state index in [2.05, 4.69) is 76.8 Å². The van der Waals surface area contributed by atoms with Crippen molar-refractivity contribution in [1.29, 1.82) is 0 Å². The molecule has 5 rings (SSSR count). The Morgan fingerprint density at radius 3 is 2.14 bits per heavy atom. The Morgan fingerprint density at radius 1 is 0.946 bits per heavy atom. The zero-order valence-corrected chi connectivity index (χ0v) is 23.7. The highest BCUT2D eigenvalue weighted by molar-refractivity contribution is 5.81. The zero-order valence-electron chi connectivity index (χ0n) is 23.7. The summed E-state index contributed by atoms with van der Waals surface area (Å²) >= 11 is 0. The molecule has 2 aromatic rings. The number of halogens is 1. The monoisotopic (exact) mass is 506 g/mol. The molecule has 1 heterocycles. The van der Waals surface area contributed by atoms with Crippen molar-refractivity contribution in [3.05, 3.63) is 70.5 Å². The van der Waals surface area contributed by atoms with Gasteiger partial charge in [-0.1, -0.05) is 70.9 Å². The van der Waals surface area contributed by atoms with Gasteiger partial charge >= 0.3 is 0 Å². The van der Waals surface area contributed by atoms with E-state index in [1.165, 1.54) is 28.7 Å². The van der Waals surface area contributed by atoms with E-state index < -0.39 is 0 Å². The van der Waals surface area contributed by atoms with Crippen LogP contribution in [0, 0.1) is 24.6 Å². The number of piperazine rings is 1. The molecular weight excluding hydrogens is 459 g/mol. The van der Waals surface area contributed by atoms with Gasteiger partial charge in [-0.05, 0) is 79.0 Å². The molecule has 0 bridgehead atoms. The first-order valence-corrected chi connectivity index (χ1v) is 14.1. The Kier molecular flexibility index (Phi) is 12.9. The smallest absolute Gasteiger partial charge is 0.225 e. The summed E-state index contributed by atoms with van der Waals surface area (Å²) in [5.41, 5.74) is 5.34. The summed E-state index contributed by atoms with van der Waals surface area (Å²) in [6.07, 6.45) is 14.8. The average Bonchev–Trinajstić information content (AvgIpc) is 3.77. The van der Waals surface area contributed by atoms with E-state index in [-0.39, 0.29) is 5.82 Å². The van der Waals surface area contributed by atoms with E-state index in [9.17, 15) is 9.18 Å². The summed E-state index contributed by atoms with van der Waals surface area (Å²) < 4.78 is 13.6. The van der Waals surface area contributed by atoms with Crippen molar-refractivity contribution in [3.8, 4) is 12.8 Å². The van der Waals surface area contributed by atoms with E-state index in [0.29, 0.717) is 23.7 Å². The molecule has 4 heteroatoms. The summed E-state index contributed by atoms with van der Waals surface area (Å²) in [5.74, 6) is 1.57. The molecule has 3 aliphatic rings. The van der Waals surface area contributed by atoms with Crippen molar-refractivity contribution in [2.24, 2.45) is 5.92 Å². The van der Waals surface area contributed by atoms with Crippen LogP contribution >= 0.6 is 0 Å². The third-order valence-electron chi connectivity index (χ3n) is 7.38. The summed E-state index contributed by atoms with van der Waals surface area (Å²) in [7, 11) is 2.11. The number of hydrogen-bond donors (Lipinski definition) is 0. The Hall–Kier alpha value is -2.64. The second-order valence-corrected chi connectivity index (χ2v) is 10.5. The summed E-state index contributed by atoms with van der Waals surface area (Å²) in [5, 5.41) is 0. The van der Waals surface area contributed by atoms with Crippen LogP contribution in [0.5, 0.6) is 0 Å². The van der Waals surface area contributed by atoms with Crippen molar-refractivity contribution >= 4 is 5.91 Å². The largest absolute Gasteiger partial charge is 0.340 e. The van der Waals surface area contributed by atoms with E-state index in [1.807, 2.05) is 11.0 Å². The molecule has 1 saturated carbocycles. The lowest BCUT2D eigenvalue weighted by Crippen LogP contribution is -2.47. The van der Waals surface area contributed by atoms with E-state index in [4.69, 9.17) is 0 Å². The van der Waals surface area contributed by atoms with Crippen LogP contribution in [-0.2, 0) is 11.2 Å². The van der Waals surface area contributed by atoms with Gasteiger partial charge in [0, 0.05) is 32.1 Å². The number of amides is 1. The quantitative estimate of drug-likeness (QED) is 0.409. The van der Waals surface area contributed by atoms with Crippen molar-refractivity contribution in [2.75, 3.05) is 33.2 Å². The van der Waals surface area contributed by atoms with E-state index in [0.717, 1.165) is 58.3 Å². The Labute approximate surface area is 225 Å². The third-order valence-corrected chi connectivity index (χ3v) is 7.38. The maximum absolute atomic E-state index is 13.6. The van der Waals surface area contributed by atoms with Crippen molar-refractivity contribution in [3.63, 3.8) is 0 Å². The molecule has 0 unspecified atom stereocenters. The number of nitrogens with zero attached hydrogens (tertiary/aromatic N) is 2. The molecule has 2 atom stereocenters. The number of fused-ring (bicyclic) bond motifs is 2. The summed E-state index contributed by atoms with van der Waals surface area (Å²) in [4.78, 5) is 15.9. The number of rotatable bonds is 3. The lowest BCUT2D eigenvalue weighted by atomic mass is 9.80. The molecule has 2 aliphatic carbocycles. The SMILES string of the molecule is C#C.CCC.CCC[C@@H]1c2ccccc2Cc2ccc(F)cc2[C@@H]1C.CN1CCN(C(=O)C2CC2)CC1. The van der Waals surface area contributed by atoms with Crippen molar-refractivity contribution < 1.29 is 9.18 Å². The van der Waals surface area contributed by atoms with Crippen LogP contribution in [0.2, 0.25) is 0 Å². The average molecular weight is 507 g/mol. The summed E-state index contributed by atoms with van der Waals surface area (Å²) in [6.45, 7) is 12.7. The van der Waals surface area contributed by atoms with Gasteiger partial charge in [-0.3, -0.25) is 4.79 Å². The first-order valence-electron chi connectivity index (χ1n) is 14.1. The number of carbonyl (C=O) groups is 1. The molecule has 1 amide bonds. The Bertz CT molecular complexity index is 989. The van der Waals surface area contributed by atoms with Crippen molar-refractivity contribution in [1.82, 2.24) is 9.80 Å². The zero-order chi connectivity index (χ0) is 27.4. The minimum Gasteiger partial charge on any atom is -0.340 e. The third kappa shape index (κ3) is 8.71. The highest BCUT2D eigenvalue weighted by Gasteiger charge is 2.34. The fourth-order valence-corrected chi connectivity index (χ4v) is 5.23. The Balaban J connectivity index is 0.000000241. The number of hydrogen-bond acceptors (Lipinski definition) is 2. The minimum absolute atomic E-state index is 0.114. The van der Waals surface area contributed by atoms with Gasteiger partial charge in [0.25, 0.3) is 0 Å². The second kappa shape index (κ2) is 15.6. The lowest BCUT2D eigenvalue weighted by molar-refractivity contribution is -0.134. The standard InChI is InChI=1S/C19H21F.C9H16N2O.C3H8.C2H2/c1-3-6-17-13(2)19-12-16(20)10-9-15(19)11-14-7-4-5-8-18(14)17;1-10-4-6-11(7-5-10)9(12)8-2-3-8;1-3-2;1-2/h4-5,7-10,12-13,17H,3,6,11H2,1-2H3;8H,2-7H2,1H3;3H2,1-2H3;1-2H/t13-,17+;;;/m1.../s1. The molecule has 2 aromatic carbocycles. The van der Waals surface area contributed by atoms with Gasteiger partial charge in [-0.15, -0.1) is 12.8 Å². The minimum atomic E-state index is -0.114. The van der Waals surface area contributed by atoms with E-state index in [1.54, 1.807) is 12.1 Å². The highest BCUT2D eigenvalue weighted by atomic mass is 19.1. The van der Waals surface area contributed by atoms with Gasteiger partial charge in [0.2, 0.25) is 5.91 Å². The molecule has 2 fully saturated rings. The molecule has 0 radical (unpaired) electrons. The number of likely N-dealkylation sites (N-methyl/N-ethyl adjacent to an activating group) is 1. The maximum atomic E-state index is 13.6. The van der Waals surface area contributed by atoms with Crippen LogP contribution in [0.4, 0.5) is 4.39 Å². The fraction of sp³-hybridized carbons (Fsp3) is 0.545. The lowest BCUT2D eigenvalue weighted by Gasteiger charge is -2.32. The van der Waals surface area contributed by atoms with Crippen LogP contribution in [0.3, 0.4) is 0 Å². The molecule has 1 saturated heterocycles. The predicted octanol–water partition coefficient (Wildman–Crippen LogP) is 7.25. The molecule has 0 spiro atoms. The van der Waals surface area contributed by atoms with Gasteiger partial charge < -0.3 is 9.80 Å². The van der Waals surface area contributed by atoms with Gasteiger partial charge in [0.15, 0.2) is 0 Å². The van der Waals surface area contributed by atoms with Crippen LogP contribution in [-0.4, -0.2) is 48.9 Å². The highest BCUT2D eigenvalue weighted by Crippen LogP contribution is 2.42. The molecule has 0 N–H and O–H groups in total.